The van der Waals surface area contributed by atoms with Crippen LogP contribution in [0.15, 0.2) is 10.6 Å². The monoisotopic (exact) mass is 330 g/mol. The maximum absolute atomic E-state index is 12.2. The zero-order valence-corrected chi connectivity index (χ0v) is 14.0. The minimum atomic E-state index is -3.10. The highest BCUT2D eigenvalue weighted by molar-refractivity contribution is 7.92. The molecule has 0 bridgehead atoms. The Morgan fingerprint density at radius 2 is 2.18 bits per heavy atom. The first-order chi connectivity index (χ1) is 10.2. The van der Waals surface area contributed by atoms with Gasteiger partial charge in [0, 0.05) is 19.2 Å². The Bertz CT molecular complexity index is 635. The molecule has 2 rings (SSSR count). The minimum absolute atomic E-state index is 0.124. The second-order valence-corrected chi connectivity index (χ2v) is 8.75. The van der Waals surface area contributed by atoms with Crippen molar-refractivity contribution in [3.63, 3.8) is 0 Å². The van der Waals surface area contributed by atoms with Crippen molar-refractivity contribution in [2.75, 3.05) is 25.4 Å². The van der Waals surface area contributed by atoms with E-state index in [0.717, 1.165) is 0 Å². The van der Waals surface area contributed by atoms with Gasteiger partial charge < -0.3 is 9.26 Å². The molecule has 1 aromatic heterocycles. The van der Waals surface area contributed by atoms with Crippen LogP contribution in [-0.4, -0.2) is 54.6 Å². The Balaban J connectivity index is 2.02. The van der Waals surface area contributed by atoms with E-state index in [-0.39, 0.29) is 18.1 Å². The molecule has 1 saturated heterocycles. The van der Waals surface area contributed by atoms with Gasteiger partial charge in [-0.1, -0.05) is 5.16 Å². The fourth-order valence-corrected chi connectivity index (χ4v) is 3.74. The lowest BCUT2D eigenvalue weighted by Crippen LogP contribution is -2.33. The van der Waals surface area contributed by atoms with Crippen LogP contribution in [0.1, 0.15) is 43.4 Å². The first-order valence-electron chi connectivity index (χ1n) is 7.32. The molecule has 0 aromatic carbocycles. The van der Waals surface area contributed by atoms with Gasteiger partial charge in [-0.05, 0) is 27.2 Å². The molecule has 8 heteroatoms. The van der Waals surface area contributed by atoms with Crippen LogP contribution in [0.25, 0.3) is 0 Å². The number of hydrogen-bond donors (Lipinski definition) is 0. The van der Waals surface area contributed by atoms with Crippen LogP contribution in [0.5, 0.6) is 0 Å². The SMILES string of the molecule is CCOC(=O)c1cc(CN2CCC(C)(C)S(=O)(=O)CC2)on1. The molecule has 2 heterocycles. The fourth-order valence-electron chi connectivity index (χ4n) is 2.29. The lowest BCUT2D eigenvalue weighted by Gasteiger charge is -2.22. The third-order valence-corrected chi connectivity index (χ3v) is 6.58. The molecule has 0 spiro atoms. The molecule has 0 atom stereocenters. The first-order valence-corrected chi connectivity index (χ1v) is 8.98. The van der Waals surface area contributed by atoms with Gasteiger partial charge in [0.05, 0.1) is 23.7 Å². The average molecular weight is 330 g/mol. The summed E-state index contributed by atoms with van der Waals surface area (Å²) in [6.45, 7) is 7.05. The molecule has 22 heavy (non-hydrogen) atoms. The smallest absolute Gasteiger partial charge is 0.360 e. The van der Waals surface area contributed by atoms with Gasteiger partial charge >= 0.3 is 5.97 Å². The molecule has 1 fully saturated rings. The van der Waals surface area contributed by atoms with Crippen LogP contribution in [-0.2, 0) is 21.1 Å². The molecule has 0 radical (unpaired) electrons. The summed E-state index contributed by atoms with van der Waals surface area (Å²) in [5.41, 5.74) is 0.139. The lowest BCUT2D eigenvalue weighted by molar-refractivity contribution is 0.0514. The van der Waals surface area contributed by atoms with E-state index in [1.54, 1.807) is 26.8 Å². The molecular weight excluding hydrogens is 308 g/mol. The molecule has 124 valence electrons. The Kier molecular flexibility index (Phi) is 4.91. The predicted molar refractivity (Wildman–Crippen MR) is 80.2 cm³/mol. The van der Waals surface area contributed by atoms with Crippen LogP contribution in [0.3, 0.4) is 0 Å². The zero-order valence-electron chi connectivity index (χ0n) is 13.2. The normalized spacial score (nSPS) is 21.2. The number of nitrogens with zero attached hydrogens (tertiary/aromatic N) is 2. The quantitative estimate of drug-likeness (QED) is 0.767. The molecule has 1 aliphatic rings. The Morgan fingerprint density at radius 1 is 1.45 bits per heavy atom. The summed E-state index contributed by atoms with van der Waals surface area (Å²) in [6.07, 6.45) is 0.564. The van der Waals surface area contributed by atoms with E-state index in [4.69, 9.17) is 9.26 Å². The molecule has 0 unspecified atom stereocenters. The maximum Gasteiger partial charge on any atom is 0.360 e. The highest BCUT2D eigenvalue weighted by Gasteiger charge is 2.37. The highest BCUT2D eigenvalue weighted by Crippen LogP contribution is 2.25. The van der Waals surface area contributed by atoms with Gasteiger partial charge in [-0.3, -0.25) is 4.90 Å². The molecule has 1 aliphatic heterocycles. The van der Waals surface area contributed by atoms with Gasteiger partial charge in [0.15, 0.2) is 21.3 Å². The number of sulfone groups is 1. The third kappa shape index (κ3) is 3.67. The Morgan fingerprint density at radius 3 is 2.86 bits per heavy atom. The van der Waals surface area contributed by atoms with Crippen molar-refractivity contribution in [3.8, 4) is 0 Å². The summed E-state index contributed by atoms with van der Waals surface area (Å²) in [5.74, 6) is 0.135. The van der Waals surface area contributed by atoms with Gasteiger partial charge in [0.1, 0.15) is 0 Å². The number of aromatic nitrogens is 1. The number of hydrogen-bond acceptors (Lipinski definition) is 7. The van der Waals surface area contributed by atoms with Crippen LogP contribution in [0.4, 0.5) is 0 Å². The third-order valence-electron chi connectivity index (χ3n) is 3.97. The summed E-state index contributed by atoms with van der Waals surface area (Å²) in [5, 5.41) is 3.69. The van der Waals surface area contributed by atoms with E-state index in [1.165, 1.54) is 0 Å². The molecule has 0 amide bonds. The van der Waals surface area contributed by atoms with Gasteiger partial charge in [-0.2, -0.15) is 0 Å². The van der Waals surface area contributed by atoms with E-state index in [1.807, 2.05) is 4.90 Å². The van der Waals surface area contributed by atoms with Crippen LogP contribution < -0.4 is 0 Å². The molecule has 1 aromatic rings. The number of rotatable bonds is 4. The van der Waals surface area contributed by atoms with E-state index >= 15 is 0 Å². The van der Waals surface area contributed by atoms with Crippen LogP contribution in [0.2, 0.25) is 0 Å². The highest BCUT2D eigenvalue weighted by atomic mass is 32.2. The summed E-state index contributed by atoms with van der Waals surface area (Å²) < 4.78 is 33.6. The molecule has 0 saturated carbocycles. The number of esters is 1. The second-order valence-electron chi connectivity index (χ2n) is 6.00. The number of ether oxygens (including phenoxy) is 1. The first kappa shape index (κ1) is 17.0. The molecule has 0 aliphatic carbocycles. The summed E-state index contributed by atoms with van der Waals surface area (Å²) in [7, 11) is -3.10. The topological polar surface area (TPSA) is 89.7 Å². The van der Waals surface area contributed by atoms with Crippen molar-refractivity contribution in [1.29, 1.82) is 0 Å². The summed E-state index contributed by atoms with van der Waals surface area (Å²) in [4.78, 5) is 13.5. The summed E-state index contributed by atoms with van der Waals surface area (Å²) in [6, 6.07) is 1.54. The van der Waals surface area contributed by atoms with Crippen molar-refractivity contribution >= 4 is 15.8 Å². The van der Waals surface area contributed by atoms with Crippen LogP contribution >= 0.6 is 0 Å². The predicted octanol–water partition coefficient (Wildman–Crippen LogP) is 1.25. The van der Waals surface area contributed by atoms with Crippen molar-refractivity contribution in [1.82, 2.24) is 10.1 Å². The van der Waals surface area contributed by atoms with Gasteiger partial charge in [0.25, 0.3) is 0 Å². The van der Waals surface area contributed by atoms with E-state index in [2.05, 4.69) is 5.16 Å². The van der Waals surface area contributed by atoms with Crippen molar-refractivity contribution in [3.05, 3.63) is 17.5 Å². The Hall–Kier alpha value is -1.41. The van der Waals surface area contributed by atoms with Crippen molar-refractivity contribution < 1.29 is 22.5 Å². The second kappa shape index (κ2) is 6.37. The largest absolute Gasteiger partial charge is 0.461 e. The average Bonchev–Trinajstić information content (AvgIpc) is 2.87. The van der Waals surface area contributed by atoms with Gasteiger partial charge in [-0.25, -0.2) is 13.2 Å². The fraction of sp³-hybridized carbons (Fsp3) is 0.714. The molecule has 7 nitrogen and oxygen atoms in total. The van der Waals surface area contributed by atoms with Crippen molar-refractivity contribution in [2.24, 2.45) is 0 Å². The summed E-state index contributed by atoms with van der Waals surface area (Å²) >= 11 is 0. The van der Waals surface area contributed by atoms with Crippen molar-refractivity contribution in [2.45, 2.75) is 38.5 Å². The minimum Gasteiger partial charge on any atom is -0.461 e. The van der Waals surface area contributed by atoms with E-state index < -0.39 is 20.6 Å². The molecule has 0 N–H and O–H groups in total. The Labute approximate surface area is 130 Å². The zero-order chi connectivity index (χ0) is 16.4. The standard InChI is InChI=1S/C14H22N2O5S/c1-4-20-13(17)12-9-11(21-15-12)10-16-6-5-14(2,3)22(18,19)8-7-16/h9H,4-8,10H2,1-3H3. The van der Waals surface area contributed by atoms with E-state index in [0.29, 0.717) is 31.8 Å². The maximum atomic E-state index is 12.2. The van der Waals surface area contributed by atoms with E-state index in [9.17, 15) is 13.2 Å². The van der Waals surface area contributed by atoms with Gasteiger partial charge in [-0.15, -0.1) is 0 Å². The van der Waals surface area contributed by atoms with Gasteiger partial charge in [0.2, 0.25) is 0 Å². The number of carbonyl (C=O) groups excluding carboxylic acids is 1. The van der Waals surface area contributed by atoms with Crippen LogP contribution in [0, 0.1) is 0 Å². The lowest BCUT2D eigenvalue weighted by atomic mass is 10.1. The number of carbonyl (C=O) groups is 1. The molecular formula is C14H22N2O5S.